The molecule has 2 aromatic rings. The molecule has 2 rings (SSSR count). The Morgan fingerprint density at radius 2 is 2.00 bits per heavy atom. The van der Waals surface area contributed by atoms with Crippen LogP contribution in [0.3, 0.4) is 0 Å². The van der Waals surface area contributed by atoms with Gasteiger partial charge < -0.3 is 9.47 Å². The molecular formula is C15H15NO3. The normalized spacial score (nSPS) is 9.95. The van der Waals surface area contributed by atoms with Crippen LogP contribution in [0.1, 0.15) is 22.8 Å². The maximum absolute atomic E-state index is 11.7. The molecule has 0 atom stereocenters. The van der Waals surface area contributed by atoms with Crippen LogP contribution >= 0.6 is 0 Å². The van der Waals surface area contributed by atoms with E-state index in [9.17, 15) is 4.79 Å². The first-order chi connectivity index (χ1) is 9.31. The smallest absolute Gasteiger partial charge is 0.343 e. The fourth-order valence-electron chi connectivity index (χ4n) is 1.61. The number of carbonyl (C=O) groups excluding carboxylic acids is 1. The number of hydrogen-bond donors (Lipinski definition) is 0. The third kappa shape index (κ3) is 3.55. The van der Waals surface area contributed by atoms with Crippen molar-refractivity contribution in [1.29, 1.82) is 0 Å². The zero-order valence-corrected chi connectivity index (χ0v) is 10.7. The molecule has 0 saturated carbocycles. The Morgan fingerprint density at radius 1 is 1.21 bits per heavy atom. The summed E-state index contributed by atoms with van der Waals surface area (Å²) < 4.78 is 10.6. The first kappa shape index (κ1) is 13.1. The molecule has 98 valence electrons. The van der Waals surface area contributed by atoms with Gasteiger partial charge in [0.25, 0.3) is 0 Å². The van der Waals surface area contributed by atoms with Crippen molar-refractivity contribution in [1.82, 2.24) is 4.98 Å². The van der Waals surface area contributed by atoms with Gasteiger partial charge in [-0.2, -0.15) is 0 Å². The van der Waals surface area contributed by atoms with E-state index in [1.165, 1.54) is 6.20 Å². The lowest BCUT2D eigenvalue weighted by molar-refractivity contribution is 0.0520. The van der Waals surface area contributed by atoms with Crippen LogP contribution < -0.4 is 4.74 Å². The molecule has 1 heterocycles. The van der Waals surface area contributed by atoms with Crippen LogP contribution in [0.15, 0.2) is 48.8 Å². The topological polar surface area (TPSA) is 48.4 Å². The van der Waals surface area contributed by atoms with Crippen molar-refractivity contribution in [2.75, 3.05) is 6.61 Å². The Hall–Kier alpha value is -2.36. The second-order valence-electron chi connectivity index (χ2n) is 3.87. The average molecular weight is 257 g/mol. The number of nitrogens with zero attached hydrogens (tertiary/aromatic N) is 1. The number of aromatic nitrogens is 1. The fourth-order valence-corrected chi connectivity index (χ4v) is 1.61. The number of pyridine rings is 1. The Bertz CT molecular complexity index is 540. The van der Waals surface area contributed by atoms with Gasteiger partial charge in [0.2, 0.25) is 0 Å². The van der Waals surface area contributed by atoms with E-state index < -0.39 is 5.97 Å². The van der Waals surface area contributed by atoms with E-state index in [0.29, 0.717) is 24.5 Å². The van der Waals surface area contributed by atoms with E-state index in [1.807, 2.05) is 30.3 Å². The van der Waals surface area contributed by atoms with Crippen molar-refractivity contribution in [2.24, 2.45) is 0 Å². The number of benzene rings is 1. The van der Waals surface area contributed by atoms with Gasteiger partial charge in [0, 0.05) is 12.4 Å². The minimum absolute atomic E-state index is 0.325. The van der Waals surface area contributed by atoms with Gasteiger partial charge in [0.05, 0.1) is 6.61 Å². The van der Waals surface area contributed by atoms with Crippen molar-refractivity contribution >= 4 is 5.97 Å². The lowest BCUT2D eigenvalue weighted by Crippen LogP contribution is -2.08. The third-order valence-electron chi connectivity index (χ3n) is 2.51. The van der Waals surface area contributed by atoms with Gasteiger partial charge in [0.1, 0.15) is 17.9 Å². The molecule has 0 unspecified atom stereocenters. The van der Waals surface area contributed by atoms with Gasteiger partial charge >= 0.3 is 5.97 Å². The molecule has 0 amide bonds. The number of carbonyl (C=O) groups is 1. The predicted molar refractivity (Wildman–Crippen MR) is 71.0 cm³/mol. The summed E-state index contributed by atoms with van der Waals surface area (Å²) in [6.07, 6.45) is 3.04. The molecule has 0 fully saturated rings. The van der Waals surface area contributed by atoms with Gasteiger partial charge in [-0.05, 0) is 18.6 Å². The summed E-state index contributed by atoms with van der Waals surface area (Å²) in [7, 11) is 0. The number of ether oxygens (including phenoxy) is 2. The van der Waals surface area contributed by atoms with Gasteiger partial charge in [-0.15, -0.1) is 0 Å². The van der Waals surface area contributed by atoms with Crippen molar-refractivity contribution in [2.45, 2.75) is 13.5 Å². The maximum atomic E-state index is 11.7. The number of hydrogen-bond acceptors (Lipinski definition) is 4. The molecule has 4 nitrogen and oxygen atoms in total. The zero-order valence-electron chi connectivity index (χ0n) is 10.7. The lowest BCUT2D eigenvalue weighted by Gasteiger charge is -2.10. The molecule has 0 N–H and O–H groups in total. The van der Waals surface area contributed by atoms with E-state index >= 15 is 0 Å². The quantitative estimate of drug-likeness (QED) is 0.773. The first-order valence-corrected chi connectivity index (χ1v) is 6.09. The first-order valence-electron chi connectivity index (χ1n) is 6.09. The largest absolute Gasteiger partial charge is 0.488 e. The predicted octanol–water partition coefficient (Wildman–Crippen LogP) is 2.84. The van der Waals surface area contributed by atoms with E-state index in [0.717, 1.165) is 5.56 Å². The summed E-state index contributed by atoms with van der Waals surface area (Å²) in [5.74, 6) is 0.0657. The summed E-state index contributed by atoms with van der Waals surface area (Å²) in [6, 6.07) is 11.4. The molecule has 0 radical (unpaired) electrons. The summed E-state index contributed by atoms with van der Waals surface area (Å²) in [6.45, 7) is 2.49. The van der Waals surface area contributed by atoms with Crippen LogP contribution in [0, 0.1) is 0 Å². The van der Waals surface area contributed by atoms with Crippen molar-refractivity contribution in [3.05, 3.63) is 59.9 Å². The highest BCUT2D eigenvalue weighted by Gasteiger charge is 2.13. The Morgan fingerprint density at radius 3 is 2.74 bits per heavy atom. The minimum Gasteiger partial charge on any atom is -0.488 e. The van der Waals surface area contributed by atoms with Crippen molar-refractivity contribution in [3.8, 4) is 5.75 Å². The molecule has 0 saturated heterocycles. The maximum Gasteiger partial charge on any atom is 0.343 e. The highest BCUT2D eigenvalue weighted by molar-refractivity contribution is 5.92. The second kappa shape index (κ2) is 6.54. The Balaban J connectivity index is 2.10. The van der Waals surface area contributed by atoms with Crippen LogP contribution in [0.25, 0.3) is 0 Å². The van der Waals surface area contributed by atoms with Crippen molar-refractivity contribution < 1.29 is 14.3 Å². The highest BCUT2D eigenvalue weighted by Crippen LogP contribution is 2.19. The van der Waals surface area contributed by atoms with E-state index in [2.05, 4.69) is 4.98 Å². The molecular weight excluding hydrogens is 242 g/mol. The SMILES string of the molecule is CCOC(=O)c1cnccc1OCc1ccccc1. The third-order valence-corrected chi connectivity index (χ3v) is 2.51. The Labute approximate surface area is 112 Å². The number of rotatable bonds is 5. The summed E-state index contributed by atoms with van der Waals surface area (Å²) in [4.78, 5) is 15.7. The average Bonchev–Trinajstić information content (AvgIpc) is 2.47. The summed E-state index contributed by atoms with van der Waals surface area (Å²) in [5, 5.41) is 0. The molecule has 0 aliphatic rings. The van der Waals surface area contributed by atoms with Crippen LogP contribution in [-0.2, 0) is 11.3 Å². The molecule has 1 aromatic carbocycles. The van der Waals surface area contributed by atoms with Gasteiger partial charge in [0.15, 0.2) is 0 Å². The summed E-state index contributed by atoms with van der Waals surface area (Å²) >= 11 is 0. The van der Waals surface area contributed by atoms with Gasteiger partial charge in [-0.25, -0.2) is 4.79 Å². The molecule has 4 heteroatoms. The molecule has 0 bridgehead atoms. The molecule has 0 aliphatic heterocycles. The molecule has 0 spiro atoms. The van der Waals surface area contributed by atoms with E-state index in [-0.39, 0.29) is 0 Å². The zero-order chi connectivity index (χ0) is 13.5. The highest BCUT2D eigenvalue weighted by atomic mass is 16.5. The van der Waals surface area contributed by atoms with Crippen LogP contribution in [0.2, 0.25) is 0 Å². The fraction of sp³-hybridized carbons (Fsp3) is 0.200. The second-order valence-corrected chi connectivity index (χ2v) is 3.87. The van der Waals surface area contributed by atoms with Gasteiger partial charge in [-0.1, -0.05) is 30.3 Å². The van der Waals surface area contributed by atoms with E-state index in [1.54, 1.807) is 19.2 Å². The van der Waals surface area contributed by atoms with Crippen LogP contribution in [0.5, 0.6) is 5.75 Å². The lowest BCUT2D eigenvalue weighted by atomic mass is 10.2. The minimum atomic E-state index is -0.418. The Kier molecular flexibility index (Phi) is 4.50. The van der Waals surface area contributed by atoms with E-state index in [4.69, 9.17) is 9.47 Å². The van der Waals surface area contributed by atoms with Crippen LogP contribution in [-0.4, -0.2) is 17.6 Å². The standard InChI is InChI=1S/C15H15NO3/c1-2-18-15(17)13-10-16-9-8-14(13)19-11-12-6-4-3-5-7-12/h3-10H,2,11H2,1H3. The summed E-state index contributed by atoms with van der Waals surface area (Å²) in [5.41, 5.74) is 1.38. The van der Waals surface area contributed by atoms with Gasteiger partial charge in [-0.3, -0.25) is 4.98 Å². The number of esters is 1. The molecule has 1 aromatic heterocycles. The molecule has 0 aliphatic carbocycles. The monoisotopic (exact) mass is 257 g/mol. The molecule has 19 heavy (non-hydrogen) atoms. The van der Waals surface area contributed by atoms with Crippen LogP contribution in [0.4, 0.5) is 0 Å². The van der Waals surface area contributed by atoms with Crippen molar-refractivity contribution in [3.63, 3.8) is 0 Å².